The van der Waals surface area contributed by atoms with Crippen molar-refractivity contribution >= 4 is 27.5 Å². The van der Waals surface area contributed by atoms with Gasteiger partial charge in [0.2, 0.25) is 10.0 Å². The van der Waals surface area contributed by atoms with Crippen molar-refractivity contribution in [2.75, 3.05) is 6.26 Å². The number of rotatable bonds is 5. The molecule has 0 unspecified atom stereocenters. The fraction of sp³-hybridized carbons (Fsp3) is 0.125. The summed E-state index contributed by atoms with van der Waals surface area (Å²) in [5, 5.41) is 9.33. The molecule has 0 aliphatic heterocycles. The molecule has 0 spiro atoms. The zero-order chi connectivity index (χ0) is 19.5. The molecule has 0 aromatic heterocycles. The molecule has 2 aromatic carbocycles. The molecule has 0 fully saturated rings. The lowest BCUT2D eigenvalue weighted by Crippen LogP contribution is -2.30. The van der Waals surface area contributed by atoms with E-state index in [0.717, 1.165) is 0 Å². The molecule has 0 aliphatic carbocycles. The van der Waals surface area contributed by atoms with Crippen LogP contribution in [0.25, 0.3) is 0 Å². The Bertz CT molecular complexity index is 1020. The van der Waals surface area contributed by atoms with Crippen molar-refractivity contribution in [1.29, 1.82) is 5.26 Å². The topological polar surface area (TPSA) is 96.3 Å². The van der Waals surface area contributed by atoms with Gasteiger partial charge in [0, 0.05) is 10.6 Å². The first-order valence-corrected chi connectivity index (χ1v) is 9.20. The lowest BCUT2D eigenvalue weighted by atomic mass is 10.1. The van der Waals surface area contributed by atoms with Crippen molar-refractivity contribution in [2.24, 2.45) is 0 Å². The molecular formula is C16H11ClF2N2O4S. The number of ether oxygens (including phenoxy) is 1. The van der Waals surface area contributed by atoms with E-state index in [0.29, 0.717) is 23.4 Å². The third-order valence-corrected chi connectivity index (χ3v) is 3.90. The van der Waals surface area contributed by atoms with Crippen molar-refractivity contribution in [3.63, 3.8) is 0 Å². The van der Waals surface area contributed by atoms with Crippen LogP contribution in [0.1, 0.15) is 21.5 Å². The van der Waals surface area contributed by atoms with Crippen molar-refractivity contribution in [3.05, 3.63) is 63.7 Å². The summed E-state index contributed by atoms with van der Waals surface area (Å²) in [6.45, 7) is -0.424. The maximum Gasteiger partial charge on any atom is 0.267 e. The Kier molecular flexibility index (Phi) is 5.79. The number of halogens is 3. The minimum atomic E-state index is -3.92. The zero-order valence-electron chi connectivity index (χ0n) is 13.2. The second-order valence-corrected chi connectivity index (χ2v) is 7.35. The number of benzene rings is 2. The Morgan fingerprint density at radius 3 is 2.58 bits per heavy atom. The predicted octanol–water partition coefficient (Wildman–Crippen LogP) is 2.76. The molecule has 0 heterocycles. The lowest BCUT2D eigenvalue weighted by molar-refractivity contribution is 0.0977. The van der Waals surface area contributed by atoms with Crippen LogP contribution in [0.15, 0.2) is 30.3 Å². The zero-order valence-corrected chi connectivity index (χ0v) is 14.8. The fourth-order valence-electron chi connectivity index (χ4n) is 1.97. The van der Waals surface area contributed by atoms with Crippen LogP contribution in [0, 0.1) is 23.0 Å². The molecule has 0 aliphatic rings. The number of carbonyl (C=O) groups excluding carboxylic acids is 1. The van der Waals surface area contributed by atoms with Gasteiger partial charge in [0.05, 0.1) is 17.4 Å². The first-order valence-electron chi connectivity index (χ1n) is 6.93. The van der Waals surface area contributed by atoms with Gasteiger partial charge in [-0.25, -0.2) is 21.9 Å². The average Bonchev–Trinajstić information content (AvgIpc) is 2.54. The number of sulfonamides is 1. The van der Waals surface area contributed by atoms with Gasteiger partial charge in [0.1, 0.15) is 30.1 Å². The van der Waals surface area contributed by atoms with E-state index in [1.54, 1.807) is 4.72 Å². The summed E-state index contributed by atoms with van der Waals surface area (Å²) in [5.41, 5.74) is -0.874. The van der Waals surface area contributed by atoms with Gasteiger partial charge in [-0.3, -0.25) is 4.79 Å². The van der Waals surface area contributed by atoms with E-state index in [4.69, 9.17) is 21.6 Å². The molecule has 2 aromatic rings. The molecule has 1 N–H and O–H groups in total. The Morgan fingerprint density at radius 2 is 1.96 bits per heavy atom. The third-order valence-electron chi connectivity index (χ3n) is 3.10. The number of nitriles is 1. The molecule has 1 amide bonds. The first kappa shape index (κ1) is 19.6. The highest BCUT2D eigenvalue weighted by Gasteiger charge is 2.19. The highest BCUT2D eigenvalue weighted by Crippen LogP contribution is 2.24. The fourth-order valence-corrected chi connectivity index (χ4v) is 2.59. The molecule has 0 saturated carbocycles. The Labute approximate surface area is 153 Å². The van der Waals surface area contributed by atoms with Gasteiger partial charge in [-0.1, -0.05) is 11.6 Å². The molecule has 0 atom stereocenters. The van der Waals surface area contributed by atoms with E-state index in [1.807, 2.05) is 6.07 Å². The minimum absolute atomic E-state index is 0.113. The van der Waals surface area contributed by atoms with E-state index in [1.165, 1.54) is 18.2 Å². The van der Waals surface area contributed by atoms with Crippen LogP contribution in [0.2, 0.25) is 5.02 Å². The summed E-state index contributed by atoms with van der Waals surface area (Å²) in [6.07, 6.45) is 0.709. The Hall–Kier alpha value is -2.70. The van der Waals surface area contributed by atoms with E-state index in [-0.39, 0.29) is 16.9 Å². The normalized spacial score (nSPS) is 10.9. The third kappa shape index (κ3) is 4.91. The van der Waals surface area contributed by atoms with Gasteiger partial charge < -0.3 is 4.74 Å². The highest BCUT2D eigenvalue weighted by atomic mass is 35.5. The van der Waals surface area contributed by atoms with Gasteiger partial charge >= 0.3 is 0 Å². The maximum atomic E-state index is 14.1. The molecule has 0 bridgehead atoms. The van der Waals surface area contributed by atoms with E-state index in [9.17, 15) is 22.0 Å². The smallest absolute Gasteiger partial charge is 0.267 e. The molecule has 0 radical (unpaired) electrons. The SMILES string of the molecule is CS(=O)(=O)NC(=O)c1cc(F)c(COc2ccc(Cl)cc2C#N)cc1F. The van der Waals surface area contributed by atoms with Crippen LogP contribution < -0.4 is 9.46 Å². The second-order valence-electron chi connectivity index (χ2n) is 5.17. The largest absolute Gasteiger partial charge is 0.487 e. The molecule has 10 heteroatoms. The second kappa shape index (κ2) is 7.68. The average molecular weight is 401 g/mol. The number of hydrogen-bond donors (Lipinski definition) is 1. The number of nitrogens with zero attached hydrogens (tertiary/aromatic N) is 1. The van der Waals surface area contributed by atoms with Crippen LogP contribution in [-0.4, -0.2) is 20.6 Å². The van der Waals surface area contributed by atoms with E-state index >= 15 is 0 Å². The van der Waals surface area contributed by atoms with Crippen molar-refractivity contribution in [2.45, 2.75) is 6.61 Å². The number of nitrogens with one attached hydrogen (secondary N) is 1. The lowest BCUT2D eigenvalue weighted by Gasteiger charge is -2.11. The maximum absolute atomic E-state index is 14.1. The molecule has 26 heavy (non-hydrogen) atoms. The standard InChI is InChI=1S/C16H11ClF2N2O4S/c1-26(23,24)21-16(22)12-6-13(18)10(5-14(12)19)8-25-15-3-2-11(17)4-9(15)7-20/h2-6H,8H2,1H3,(H,21,22). The summed E-state index contributed by atoms with van der Waals surface area (Å²) >= 11 is 5.75. The monoisotopic (exact) mass is 400 g/mol. The summed E-state index contributed by atoms with van der Waals surface area (Å²) in [4.78, 5) is 11.7. The van der Waals surface area contributed by atoms with Crippen LogP contribution in [0.4, 0.5) is 8.78 Å². The summed E-state index contributed by atoms with van der Waals surface area (Å²) in [6, 6.07) is 7.37. The van der Waals surface area contributed by atoms with Gasteiger partial charge in [-0.05, 0) is 30.3 Å². The van der Waals surface area contributed by atoms with Gasteiger partial charge in [-0.2, -0.15) is 5.26 Å². The molecule has 136 valence electrons. The number of hydrogen-bond acceptors (Lipinski definition) is 5. The van der Waals surface area contributed by atoms with Crippen LogP contribution in [0.5, 0.6) is 5.75 Å². The van der Waals surface area contributed by atoms with E-state index in [2.05, 4.69) is 0 Å². The molecular weight excluding hydrogens is 390 g/mol. The summed E-state index contributed by atoms with van der Waals surface area (Å²) in [7, 11) is -3.92. The van der Waals surface area contributed by atoms with E-state index < -0.39 is 39.7 Å². The quantitative estimate of drug-likeness (QED) is 0.832. The minimum Gasteiger partial charge on any atom is -0.487 e. The van der Waals surface area contributed by atoms with Crippen LogP contribution in [-0.2, 0) is 16.6 Å². The molecule has 6 nitrogen and oxygen atoms in total. The van der Waals surface area contributed by atoms with Crippen molar-refractivity contribution < 1.29 is 26.7 Å². The number of carbonyl (C=O) groups is 1. The van der Waals surface area contributed by atoms with Crippen LogP contribution in [0.3, 0.4) is 0 Å². The highest BCUT2D eigenvalue weighted by molar-refractivity contribution is 7.89. The predicted molar refractivity (Wildman–Crippen MR) is 89.2 cm³/mol. The number of amides is 1. The molecule has 2 rings (SSSR count). The Balaban J connectivity index is 2.23. The van der Waals surface area contributed by atoms with Gasteiger partial charge in [0.25, 0.3) is 5.91 Å². The molecule has 0 saturated heterocycles. The Morgan fingerprint density at radius 1 is 1.27 bits per heavy atom. The first-order chi connectivity index (χ1) is 12.1. The van der Waals surface area contributed by atoms with Gasteiger partial charge in [0.15, 0.2) is 0 Å². The van der Waals surface area contributed by atoms with Crippen LogP contribution >= 0.6 is 11.6 Å². The summed E-state index contributed by atoms with van der Waals surface area (Å²) < 4.78 is 57.0. The van der Waals surface area contributed by atoms with Gasteiger partial charge in [-0.15, -0.1) is 0 Å². The van der Waals surface area contributed by atoms with Crippen molar-refractivity contribution in [3.8, 4) is 11.8 Å². The summed E-state index contributed by atoms with van der Waals surface area (Å²) in [5.74, 6) is -3.27. The van der Waals surface area contributed by atoms with Crippen molar-refractivity contribution in [1.82, 2.24) is 4.72 Å².